The first-order valence-electron chi connectivity index (χ1n) is 10.8. The van der Waals surface area contributed by atoms with E-state index in [-0.39, 0.29) is 17.5 Å². The molecule has 4 rings (SSSR count). The fourth-order valence-electron chi connectivity index (χ4n) is 4.14. The molecule has 1 aliphatic heterocycles. The average Bonchev–Trinajstić information content (AvgIpc) is 3.24. The molecule has 0 bridgehead atoms. The highest BCUT2D eigenvalue weighted by molar-refractivity contribution is 7.14. The van der Waals surface area contributed by atoms with Gasteiger partial charge in [-0.2, -0.15) is 0 Å². The molecular formula is C26H27N3O3S. The van der Waals surface area contributed by atoms with Crippen molar-refractivity contribution in [2.24, 2.45) is 0 Å². The standard InChI is InChI=1S/C26H27N3O3S/c1-15-24(33-16(2)28-15)22(30)20-21(18-8-10-19(11-9-18)26(3,4)5)29(25(32)23(20)31)14-17-7-6-12-27-13-17/h6-13,21,31H,14H2,1-5H3. The minimum absolute atomic E-state index is 0.00447. The maximum absolute atomic E-state index is 13.6. The van der Waals surface area contributed by atoms with E-state index in [0.717, 1.165) is 21.7 Å². The molecule has 1 N–H and O–H groups in total. The molecule has 1 aromatic carbocycles. The van der Waals surface area contributed by atoms with Crippen LogP contribution in [0.15, 0.2) is 60.1 Å². The number of rotatable bonds is 5. The Morgan fingerprint density at radius 3 is 2.42 bits per heavy atom. The van der Waals surface area contributed by atoms with Gasteiger partial charge >= 0.3 is 0 Å². The van der Waals surface area contributed by atoms with Crippen LogP contribution in [0.5, 0.6) is 0 Å². The van der Waals surface area contributed by atoms with Gasteiger partial charge in [-0.3, -0.25) is 9.59 Å². The molecular weight excluding hydrogens is 434 g/mol. The molecule has 0 spiro atoms. The third-order valence-electron chi connectivity index (χ3n) is 5.86. The van der Waals surface area contributed by atoms with Crippen LogP contribution in [0, 0.1) is 13.8 Å². The molecule has 33 heavy (non-hydrogen) atoms. The largest absolute Gasteiger partial charge is 0.868 e. The first-order valence-corrected chi connectivity index (χ1v) is 11.7. The molecule has 2 aromatic heterocycles. The average molecular weight is 462 g/mol. The van der Waals surface area contributed by atoms with Gasteiger partial charge in [-0.1, -0.05) is 45.0 Å². The number of ketones is 1. The van der Waals surface area contributed by atoms with Gasteiger partial charge in [0.1, 0.15) is 0 Å². The van der Waals surface area contributed by atoms with Crippen LogP contribution < -0.4 is 10.1 Å². The van der Waals surface area contributed by atoms with E-state index in [1.54, 1.807) is 19.3 Å². The summed E-state index contributed by atoms with van der Waals surface area (Å²) in [6, 6.07) is 10.8. The maximum Gasteiger partial charge on any atom is 0.240 e. The molecule has 1 atom stereocenters. The Labute approximate surface area is 197 Å². The number of benzene rings is 1. The van der Waals surface area contributed by atoms with Gasteiger partial charge in [-0.15, -0.1) is 11.3 Å². The second kappa shape index (κ2) is 8.56. The SMILES string of the molecule is Cc1nc(C)c(C(=O)C2=C([O-])C(=O)N(Cc3ccc[nH+]c3)C2c2ccc(C(C)(C)C)cc2)s1. The highest BCUT2D eigenvalue weighted by Gasteiger charge is 2.40. The minimum Gasteiger partial charge on any atom is -0.868 e. The lowest BCUT2D eigenvalue weighted by Gasteiger charge is -2.28. The summed E-state index contributed by atoms with van der Waals surface area (Å²) in [5, 5.41) is 13.9. The molecule has 1 amide bonds. The van der Waals surface area contributed by atoms with Gasteiger partial charge in [0.2, 0.25) is 11.7 Å². The van der Waals surface area contributed by atoms with Crippen molar-refractivity contribution in [3.63, 3.8) is 0 Å². The van der Waals surface area contributed by atoms with E-state index in [2.05, 4.69) is 30.7 Å². The number of H-pyrrole nitrogens is 1. The summed E-state index contributed by atoms with van der Waals surface area (Å²) in [5.74, 6) is -1.82. The highest BCUT2D eigenvalue weighted by Crippen LogP contribution is 2.40. The number of carbonyl (C=O) groups excluding carboxylic acids is 2. The molecule has 6 nitrogen and oxygen atoms in total. The Balaban J connectivity index is 1.81. The summed E-state index contributed by atoms with van der Waals surface area (Å²) in [7, 11) is 0. The summed E-state index contributed by atoms with van der Waals surface area (Å²) in [6.45, 7) is 10.2. The predicted molar refractivity (Wildman–Crippen MR) is 124 cm³/mol. The third kappa shape index (κ3) is 4.33. The third-order valence-corrected chi connectivity index (χ3v) is 6.93. The first-order chi connectivity index (χ1) is 15.6. The molecule has 1 unspecified atom stereocenters. The number of carbonyl (C=O) groups is 2. The van der Waals surface area contributed by atoms with Crippen LogP contribution in [-0.4, -0.2) is 21.6 Å². The number of pyridine rings is 1. The monoisotopic (exact) mass is 461 g/mol. The number of hydrogen-bond donors (Lipinski definition) is 0. The van der Waals surface area contributed by atoms with E-state index in [1.807, 2.05) is 43.3 Å². The van der Waals surface area contributed by atoms with Crippen molar-refractivity contribution in [2.45, 2.75) is 52.6 Å². The Kier molecular flexibility index (Phi) is 5.93. The normalized spacial score (nSPS) is 16.6. The second-order valence-electron chi connectivity index (χ2n) is 9.34. The summed E-state index contributed by atoms with van der Waals surface area (Å²) < 4.78 is 0. The molecule has 0 aliphatic carbocycles. The van der Waals surface area contributed by atoms with Crippen LogP contribution in [0.1, 0.15) is 63.9 Å². The van der Waals surface area contributed by atoms with Crippen molar-refractivity contribution in [3.05, 3.63) is 92.4 Å². The number of aromatic amines is 1. The van der Waals surface area contributed by atoms with Gasteiger partial charge < -0.3 is 10.0 Å². The summed E-state index contributed by atoms with van der Waals surface area (Å²) in [6.07, 6.45) is 3.56. The van der Waals surface area contributed by atoms with Gasteiger partial charge in [0, 0.05) is 17.2 Å². The van der Waals surface area contributed by atoms with Gasteiger partial charge in [0.15, 0.2) is 12.4 Å². The molecule has 0 saturated carbocycles. The van der Waals surface area contributed by atoms with Gasteiger partial charge in [-0.05, 0) is 42.2 Å². The van der Waals surface area contributed by atoms with Crippen molar-refractivity contribution < 1.29 is 19.7 Å². The van der Waals surface area contributed by atoms with E-state index in [1.165, 1.54) is 16.2 Å². The molecule has 0 fully saturated rings. The van der Waals surface area contributed by atoms with E-state index >= 15 is 0 Å². The van der Waals surface area contributed by atoms with Gasteiger partial charge in [0.25, 0.3) is 0 Å². The van der Waals surface area contributed by atoms with E-state index < -0.39 is 23.5 Å². The summed E-state index contributed by atoms with van der Waals surface area (Å²) in [5.41, 5.74) is 3.24. The molecule has 7 heteroatoms. The summed E-state index contributed by atoms with van der Waals surface area (Å²) >= 11 is 1.25. The summed E-state index contributed by atoms with van der Waals surface area (Å²) in [4.78, 5) is 36.0. The smallest absolute Gasteiger partial charge is 0.240 e. The van der Waals surface area contributed by atoms with Crippen LogP contribution in [0.4, 0.5) is 0 Å². The van der Waals surface area contributed by atoms with Crippen LogP contribution >= 0.6 is 11.3 Å². The maximum atomic E-state index is 13.6. The Morgan fingerprint density at radius 2 is 1.88 bits per heavy atom. The lowest BCUT2D eigenvalue weighted by Crippen LogP contribution is -2.32. The van der Waals surface area contributed by atoms with Crippen molar-refractivity contribution in [2.75, 3.05) is 0 Å². The van der Waals surface area contributed by atoms with Crippen LogP contribution in [0.25, 0.3) is 0 Å². The van der Waals surface area contributed by atoms with Gasteiger partial charge in [0.05, 0.1) is 28.2 Å². The molecule has 3 aromatic rings. The van der Waals surface area contributed by atoms with Crippen molar-refractivity contribution >= 4 is 23.0 Å². The number of thiazole rings is 1. The number of amides is 1. The van der Waals surface area contributed by atoms with E-state index in [0.29, 0.717) is 10.6 Å². The number of nitrogens with one attached hydrogen (secondary N) is 1. The van der Waals surface area contributed by atoms with Crippen molar-refractivity contribution in [1.29, 1.82) is 0 Å². The topological polar surface area (TPSA) is 87.5 Å². The highest BCUT2D eigenvalue weighted by atomic mass is 32.1. The quantitative estimate of drug-likeness (QED) is 0.545. The molecule has 1 aliphatic rings. The van der Waals surface area contributed by atoms with Crippen LogP contribution in [0.3, 0.4) is 0 Å². The van der Waals surface area contributed by atoms with Crippen molar-refractivity contribution in [3.8, 4) is 0 Å². The number of hydrogen-bond acceptors (Lipinski definition) is 5. The lowest BCUT2D eigenvalue weighted by molar-refractivity contribution is -0.378. The first kappa shape index (κ1) is 22.9. The fourth-order valence-corrected chi connectivity index (χ4v) is 5.01. The second-order valence-corrected chi connectivity index (χ2v) is 10.5. The van der Waals surface area contributed by atoms with E-state index in [4.69, 9.17) is 0 Å². The Bertz CT molecular complexity index is 1240. The number of nitrogens with zero attached hydrogens (tertiary/aromatic N) is 2. The number of Topliss-reactive ketones (excluding diaryl/α,β-unsaturated/α-hetero) is 1. The minimum atomic E-state index is -0.756. The molecule has 0 saturated heterocycles. The Morgan fingerprint density at radius 1 is 1.18 bits per heavy atom. The fraction of sp³-hybridized carbons (Fsp3) is 0.308. The van der Waals surface area contributed by atoms with Crippen LogP contribution in [0.2, 0.25) is 0 Å². The van der Waals surface area contributed by atoms with Gasteiger partial charge in [-0.25, -0.2) is 9.97 Å². The predicted octanol–water partition coefficient (Wildman–Crippen LogP) is 3.45. The van der Waals surface area contributed by atoms with Crippen molar-refractivity contribution in [1.82, 2.24) is 9.88 Å². The number of aromatic nitrogens is 2. The zero-order valence-corrected chi connectivity index (χ0v) is 20.2. The molecule has 0 radical (unpaired) electrons. The lowest BCUT2D eigenvalue weighted by atomic mass is 9.85. The zero-order valence-electron chi connectivity index (χ0n) is 19.4. The Hall–Kier alpha value is -3.32. The zero-order chi connectivity index (χ0) is 23.9. The molecule has 3 heterocycles. The molecule has 170 valence electrons. The van der Waals surface area contributed by atoms with Crippen LogP contribution in [-0.2, 0) is 16.8 Å². The number of aryl methyl sites for hydroxylation is 2. The van der Waals surface area contributed by atoms with E-state index in [9.17, 15) is 14.7 Å².